The minimum atomic E-state index is -0.136. The van der Waals surface area contributed by atoms with Crippen LogP contribution in [-0.2, 0) is 5.11 Å². The Balaban J connectivity index is 1.32. The first kappa shape index (κ1) is 31.0. The summed E-state index contributed by atoms with van der Waals surface area (Å²) >= 11 is 0. The first-order chi connectivity index (χ1) is 24.9. The smallest absolute Gasteiger partial charge is 0.0994 e. The number of hydrogen-bond donors (Lipinski definition) is 0. The monoisotopic (exact) mass is 648 g/mol. The van der Waals surface area contributed by atoms with Crippen LogP contribution in [0, 0.1) is 0 Å². The van der Waals surface area contributed by atoms with Crippen molar-refractivity contribution in [3.05, 3.63) is 182 Å². The van der Waals surface area contributed by atoms with Gasteiger partial charge in [0.1, 0.15) is 0 Å². The van der Waals surface area contributed by atoms with Gasteiger partial charge in [-0.15, -0.1) is 0 Å². The van der Waals surface area contributed by atoms with E-state index in [-0.39, 0.29) is 5.11 Å². The van der Waals surface area contributed by atoms with Crippen LogP contribution in [0.5, 0.6) is 0 Å². The van der Waals surface area contributed by atoms with Crippen molar-refractivity contribution in [2.75, 3.05) is 0 Å². The fourth-order valence-electron chi connectivity index (χ4n) is 7.71. The van der Waals surface area contributed by atoms with Crippen molar-refractivity contribution < 1.29 is 0 Å². The Morgan fingerprint density at radius 3 is 1.39 bits per heavy atom. The predicted molar refractivity (Wildman–Crippen MR) is 225 cm³/mol. The summed E-state index contributed by atoms with van der Waals surface area (Å²) in [6.45, 7) is 0. The van der Waals surface area contributed by atoms with Crippen molar-refractivity contribution in [1.82, 2.24) is 9.55 Å². The lowest BCUT2D eigenvalue weighted by atomic mass is 9.42. The summed E-state index contributed by atoms with van der Waals surface area (Å²) in [5.41, 5.74) is 13.0. The fourth-order valence-corrected chi connectivity index (χ4v) is 7.71. The molecule has 0 unspecified atom stereocenters. The number of fused-ring (bicyclic) bond motifs is 3. The van der Waals surface area contributed by atoms with Crippen molar-refractivity contribution in [3.63, 3.8) is 0 Å². The van der Waals surface area contributed by atoms with Gasteiger partial charge in [0.05, 0.1) is 40.4 Å². The van der Waals surface area contributed by atoms with E-state index in [0.717, 1.165) is 22.5 Å². The molecule has 9 rings (SSSR count). The predicted octanol–water partition coefficient (Wildman–Crippen LogP) is 9.01. The molecule has 0 spiro atoms. The van der Waals surface area contributed by atoms with Gasteiger partial charge in [0.2, 0.25) is 0 Å². The second-order valence-electron chi connectivity index (χ2n) is 14.4. The third kappa shape index (κ3) is 5.46. The second kappa shape index (κ2) is 12.4. The largest absolute Gasteiger partial charge is 0.298 e. The molecule has 9 aromatic rings. The Bertz CT molecular complexity index is 2610. The number of aromatic nitrogens is 2. The van der Waals surface area contributed by atoms with Crippen LogP contribution in [0.25, 0.3) is 82.8 Å². The van der Waals surface area contributed by atoms with Crippen LogP contribution in [0.4, 0.5) is 0 Å². The normalized spacial score (nSPS) is 11.8. The molecule has 1 heterocycles. The Morgan fingerprint density at radius 2 is 0.843 bits per heavy atom. The molecule has 2 nitrogen and oxygen atoms in total. The maximum Gasteiger partial charge on any atom is 0.0994 e. The van der Waals surface area contributed by atoms with Crippen molar-refractivity contribution in [3.8, 4) is 50.2 Å². The van der Waals surface area contributed by atoms with E-state index in [1.54, 1.807) is 0 Å². The zero-order valence-corrected chi connectivity index (χ0v) is 29.1. The van der Waals surface area contributed by atoms with Crippen molar-refractivity contribution in [1.29, 1.82) is 0 Å². The molecule has 0 bridgehead atoms. The van der Waals surface area contributed by atoms with Gasteiger partial charge in [-0.1, -0.05) is 139 Å². The maximum absolute atomic E-state index is 5.13. The van der Waals surface area contributed by atoms with E-state index in [0.29, 0.717) is 0 Å². The van der Waals surface area contributed by atoms with Gasteiger partial charge in [0, 0.05) is 5.69 Å². The van der Waals surface area contributed by atoms with E-state index in [1.165, 1.54) is 66.1 Å². The average molecular weight is 648 g/mol. The highest BCUT2D eigenvalue weighted by molar-refractivity contribution is 6.58. The summed E-state index contributed by atoms with van der Waals surface area (Å²) in [7, 11) is 6.72. The highest BCUT2D eigenvalue weighted by Gasteiger charge is 2.24. The molecule has 238 valence electrons. The van der Waals surface area contributed by atoms with E-state index >= 15 is 0 Å². The molecule has 0 amide bonds. The molecule has 0 aliphatic rings. The van der Waals surface area contributed by atoms with Gasteiger partial charge >= 0.3 is 0 Å². The molecular formula is C46H35B3N2. The molecule has 0 aliphatic carbocycles. The quantitative estimate of drug-likeness (QED) is 0.130. The fraction of sp³-hybridized carbons (Fsp3) is 0.0217. The van der Waals surface area contributed by atoms with Gasteiger partial charge < -0.3 is 0 Å². The second-order valence-corrected chi connectivity index (χ2v) is 14.4. The summed E-state index contributed by atoms with van der Waals surface area (Å²) in [4.78, 5) is 5.13. The first-order valence-corrected chi connectivity index (χ1v) is 17.7. The summed E-state index contributed by atoms with van der Waals surface area (Å²) in [6.07, 6.45) is 0. The number of nitrogens with zero attached hydrogens (tertiary/aromatic N) is 2. The van der Waals surface area contributed by atoms with E-state index in [9.17, 15) is 0 Å². The molecule has 0 N–H and O–H groups in total. The van der Waals surface area contributed by atoms with Crippen LogP contribution in [-0.4, -0.2) is 33.1 Å². The third-order valence-electron chi connectivity index (χ3n) is 9.99. The topological polar surface area (TPSA) is 17.8 Å². The lowest BCUT2D eigenvalue weighted by Crippen LogP contribution is -2.31. The van der Waals surface area contributed by atoms with E-state index in [4.69, 9.17) is 4.98 Å². The number of para-hydroxylation sites is 2. The van der Waals surface area contributed by atoms with Gasteiger partial charge in [-0.3, -0.25) is 4.57 Å². The number of benzene rings is 8. The molecule has 8 aromatic carbocycles. The van der Waals surface area contributed by atoms with Crippen LogP contribution in [0.1, 0.15) is 5.82 Å². The highest BCUT2D eigenvalue weighted by Crippen LogP contribution is 2.45. The molecule has 0 radical (unpaired) electrons. The van der Waals surface area contributed by atoms with Gasteiger partial charge in [-0.2, -0.15) is 0 Å². The maximum atomic E-state index is 5.13. The van der Waals surface area contributed by atoms with Gasteiger partial charge in [-0.05, 0) is 109 Å². The van der Waals surface area contributed by atoms with Crippen LogP contribution in [0.2, 0.25) is 0 Å². The third-order valence-corrected chi connectivity index (χ3v) is 9.99. The molecule has 0 aliphatic heterocycles. The number of hydrogen-bond acceptors (Lipinski definition) is 1. The summed E-state index contributed by atoms with van der Waals surface area (Å²) in [6, 6.07) is 63.9. The minimum Gasteiger partial charge on any atom is -0.298 e. The number of rotatable bonds is 6. The zero-order chi connectivity index (χ0) is 34.5. The van der Waals surface area contributed by atoms with Gasteiger partial charge in [0.25, 0.3) is 0 Å². The van der Waals surface area contributed by atoms with E-state index in [1.807, 2.05) is 0 Å². The molecule has 0 atom stereocenters. The molecule has 0 saturated carbocycles. The first-order valence-electron chi connectivity index (χ1n) is 17.7. The van der Waals surface area contributed by atoms with Crippen LogP contribution >= 0.6 is 0 Å². The van der Waals surface area contributed by atoms with E-state index < -0.39 is 0 Å². The zero-order valence-electron chi connectivity index (χ0n) is 29.1. The Labute approximate surface area is 301 Å². The summed E-state index contributed by atoms with van der Waals surface area (Å²) in [5.74, 6) is 1.05. The summed E-state index contributed by atoms with van der Waals surface area (Å²) in [5, 5.41) is 4.82. The molecule has 1 aromatic heterocycles. The standard InChI is InChI=1S/C46H35B3N2/c47-46(48,49)45-50-41-24-11-12-25-42(41)51(45)36-19-13-18-32(29-36)43-37-20-7-9-22-39(37)44(40-23-10-8-21-38(40)43)35-27-33(30-14-3-1-4-15-30)26-34(28-35)31-16-5-2-6-17-31/h1-29H,47-49H2. The van der Waals surface area contributed by atoms with Gasteiger partial charge in [-0.25, -0.2) is 4.98 Å². The van der Waals surface area contributed by atoms with Crippen LogP contribution < -0.4 is 0 Å². The lowest BCUT2D eigenvalue weighted by Gasteiger charge is -2.22. The molecular weight excluding hydrogens is 613 g/mol. The van der Waals surface area contributed by atoms with E-state index in [2.05, 4.69) is 204 Å². The highest BCUT2D eigenvalue weighted by atomic mass is 15.1. The molecule has 0 saturated heterocycles. The SMILES string of the molecule is BC(B)(B)c1nc2ccccc2n1-c1cccc(-c2c3ccccc3c(-c3cc(-c4ccccc4)cc(-c4ccccc4)c3)c3ccccc23)c1. The molecule has 51 heavy (non-hydrogen) atoms. The lowest BCUT2D eigenvalue weighted by molar-refractivity contribution is 0.930. The van der Waals surface area contributed by atoms with Crippen molar-refractivity contribution in [2.45, 2.75) is 5.11 Å². The Kier molecular flexibility index (Phi) is 7.51. The van der Waals surface area contributed by atoms with Crippen LogP contribution in [0.3, 0.4) is 0 Å². The van der Waals surface area contributed by atoms with Crippen molar-refractivity contribution in [2.24, 2.45) is 0 Å². The van der Waals surface area contributed by atoms with Gasteiger partial charge in [0.15, 0.2) is 0 Å². The molecule has 0 fully saturated rings. The average Bonchev–Trinajstić information content (AvgIpc) is 3.58. The summed E-state index contributed by atoms with van der Waals surface area (Å²) < 4.78 is 2.35. The Morgan fingerprint density at radius 1 is 0.392 bits per heavy atom. The Hall–Kier alpha value is -6.06. The minimum absolute atomic E-state index is 0.136. The van der Waals surface area contributed by atoms with Crippen LogP contribution in [0.15, 0.2) is 176 Å². The van der Waals surface area contributed by atoms with Crippen molar-refractivity contribution >= 4 is 56.1 Å². The molecule has 5 heteroatoms. The number of imidazole rings is 1.